The Morgan fingerprint density at radius 2 is 1.83 bits per heavy atom. The van der Waals surface area contributed by atoms with Crippen LogP contribution in [0, 0.1) is 5.92 Å². The molecule has 12 heavy (non-hydrogen) atoms. The molecule has 0 aromatic rings. The highest BCUT2D eigenvalue weighted by molar-refractivity contribution is 4.82. The van der Waals surface area contributed by atoms with Gasteiger partial charge < -0.3 is 5.73 Å². The van der Waals surface area contributed by atoms with E-state index in [2.05, 4.69) is 6.58 Å². The lowest BCUT2D eigenvalue weighted by molar-refractivity contribution is 0.376. The average Bonchev–Trinajstić information content (AvgIpc) is 2.32. The van der Waals surface area contributed by atoms with Crippen molar-refractivity contribution in [3.05, 3.63) is 12.7 Å². The lowest BCUT2D eigenvalue weighted by atomic mass is 9.90. The van der Waals surface area contributed by atoms with Crippen molar-refractivity contribution in [1.82, 2.24) is 0 Å². The van der Waals surface area contributed by atoms with Crippen molar-refractivity contribution in [2.45, 2.75) is 51.0 Å². The fourth-order valence-corrected chi connectivity index (χ4v) is 2.12. The van der Waals surface area contributed by atoms with Crippen molar-refractivity contribution in [3.63, 3.8) is 0 Å². The van der Waals surface area contributed by atoms with Gasteiger partial charge in [-0.05, 0) is 25.2 Å². The zero-order valence-corrected chi connectivity index (χ0v) is 7.97. The lowest BCUT2D eigenvalue weighted by Crippen LogP contribution is -2.29. The Balaban J connectivity index is 2.31. The van der Waals surface area contributed by atoms with E-state index in [9.17, 15) is 0 Å². The number of hydrogen-bond acceptors (Lipinski definition) is 1. The molecule has 1 aliphatic carbocycles. The smallest absolute Gasteiger partial charge is 0.0102 e. The maximum absolute atomic E-state index is 6.06. The first-order valence-electron chi connectivity index (χ1n) is 5.21. The predicted octanol–water partition coefficient (Wildman–Crippen LogP) is 2.86. The van der Waals surface area contributed by atoms with Crippen molar-refractivity contribution < 1.29 is 0 Å². The Kier molecular flexibility index (Phi) is 4.37. The molecule has 0 bridgehead atoms. The van der Waals surface area contributed by atoms with Gasteiger partial charge in [-0.1, -0.05) is 31.8 Å². The summed E-state index contributed by atoms with van der Waals surface area (Å²) in [5, 5.41) is 0. The molecular formula is C11H21N. The third-order valence-electron chi connectivity index (χ3n) is 2.94. The second kappa shape index (κ2) is 5.36. The quantitative estimate of drug-likeness (QED) is 0.507. The maximum Gasteiger partial charge on any atom is 0.0102 e. The molecule has 0 aromatic carbocycles. The van der Waals surface area contributed by atoms with Crippen LogP contribution in [0.15, 0.2) is 12.7 Å². The van der Waals surface area contributed by atoms with Crippen LogP contribution in [0.1, 0.15) is 44.9 Å². The monoisotopic (exact) mass is 167 g/mol. The minimum absolute atomic E-state index is 0.376. The van der Waals surface area contributed by atoms with E-state index in [4.69, 9.17) is 5.73 Å². The van der Waals surface area contributed by atoms with Crippen LogP contribution in [0.25, 0.3) is 0 Å². The van der Waals surface area contributed by atoms with Gasteiger partial charge in [0, 0.05) is 6.04 Å². The first kappa shape index (κ1) is 9.79. The van der Waals surface area contributed by atoms with E-state index < -0.39 is 0 Å². The number of hydrogen-bond donors (Lipinski definition) is 1. The molecule has 2 N–H and O–H groups in total. The van der Waals surface area contributed by atoms with Gasteiger partial charge in [0.25, 0.3) is 0 Å². The van der Waals surface area contributed by atoms with E-state index in [0.29, 0.717) is 6.04 Å². The molecule has 70 valence electrons. The molecule has 1 nitrogen and oxygen atoms in total. The molecule has 0 spiro atoms. The second-order valence-corrected chi connectivity index (χ2v) is 3.94. The summed E-state index contributed by atoms with van der Waals surface area (Å²) in [6, 6.07) is 0.376. The van der Waals surface area contributed by atoms with E-state index in [0.717, 1.165) is 12.3 Å². The molecule has 0 radical (unpaired) electrons. The minimum Gasteiger partial charge on any atom is -0.327 e. The van der Waals surface area contributed by atoms with E-state index in [1.54, 1.807) is 0 Å². The van der Waals surface area contributed by atoms with Crippen molar-refractivity contribution in [3.8, 4) is 0 Å². The standard InChI is InChI=1S/C11H21N/c1-2-7-11(12)10-8-5-3-4-6-9-10/h2,10-11H,1,3-9,12H2. The minimum atomic E-state index is 0.376. The second-order valence-electron chi connectivity index (χ2n) is 3.94. The van der Waals surface area contributed by atoms with Gasteiger partial charge >= 0.3 is 0 Å². The van der Waals surface area contributed by atoms with Crippen LogP contribution in [0.3, 0.4) is 0 Å². The molecule has 1 atom stereocenters. The molecule has 1 heteroatoms. The third-order valence-corrected chi connectivity index (χ3v) is 2.94. The lowest BCUT2D eigenvalue weighted by Gasteiger charge is -2.20. The van der Waals surface area contributed by atoms with Crippen molar-refractivity contribution in [1.29, 1.82) is 0 Å². The fourth-order valence-electron chi connectivity index (χ4n) is 2.12. The Labute approximate surface area is 76.0 Å². The molecule has 0 aliphatic heterocycles. The Morgan fingerprint density at radius 1 is 1.25 bits per heavy atom. The summed E-state index contributed by atoms with van der Waals surface area (Å²) < 4.78 is 0. The molecular weight excluding hydrogens is 146 g/mol. The molecule has 0 amide bonds. The van der Waals surface area contributed by atoms with Crippen LogP contribution >= 0.6 is 0 Å². The highest BCUT2D eigenvalue weighted by Crippen LogP contribution is 2.25. The fraction of sp³-hybridized carbons (Fsp3) is 0.818. The normalized spacial score (nSPS) is 23.1. The van der Waals surface area contributed by atoms with Gasteiger partial charge in [0.1, 0.15) is 0 Å². The SMILES string of the molecule is C=CCC(N)C1CCCCCC1. The summed E-state index contributed by atoms with van der Waals surface area (Å²) in [7, 11) is 0. The molecule has 1 rings (SSSR count). The Bertz CT molecular complexity index is 123. The van der Waals surface area contributed by atoms with Gasteiger partial charge in [0.2, 0.25) is 0 Å². The molecule has 1 fully saturated rings. The Morgan fingerprint density at radius 3 is 2.33 bits per heavy atom. The zero-order valence-electron chi connectivity index (χ0n) is 7.97. The molecule has 0 aromatic heterocycles. The average molecular weight is 167 g/mol. The van der Waals surface area contributed by atoms with E-state index in [-0.39, 0.29) is 0 Å². The molecule has 0 heterocycles. The summed E-state index contributed by atoms with van der Waals surface area (Å²) >= 11 is 0. The van der Waals surface area contributed by atoms with Crippen molar-refractivity contribution >= 4 is 0 Å². The Hall–Kier alpha value is -0.300. The van der Waals surface area contributed by atoms with Crippen LogP contribution < -0.4 is 5.73 Å². The van der Waals surface area contributed by atoms with Gasteiger partial charge in [-0.25, -0.2) is 0 Å². The van der Waals surface area contributed by atoms with Crippen LogP contribution in [-0.2, 0) is 0 Å². The van der Waals surface area contributed by atoms with Crippen LogP contribution in [-0.4, -0.2) is 6.04 Å². The van der Waals surface area contributed by atoms with Crippen molar-refractivity contribution in [2.75, 3.05) is 0 Å². The number of nitrogens with two attached hydrogens (primary N) is 1. The zero-order chi connectivity index (χ0) is 8.81. The predicted molar refractivity (Wildman–Crippen MR) is 54.0 cm³/mol. The summed E-state index contributed by atoms with van der Waals surface area (Å²) in [5.41, 5.74) is 6.06. The third kappa shape index (κ3) is 2.98. The molecule has 1 aliphatic rings. The van der Waals surface area contributed by atoms with Crippen molar-refractivity contribution in [2.24, 2.45) is 11.7 Å². The topological polar surface area (TPSA) is 26.0 Å². The van der Waals surface area contributed by atoms with E-state index >= 15 is 0 Å². The van der Waals surface area contributed by atoms with Gasteiger partial charge in [0.05, 0.1) is 0 Å². The molecule has 1 unspecified atom stereocenters. The van der Waals surface area contributed by atoms with Crippen LogP contribution in [0.5, 0.6) is 0 Å². The summed E-state index contributed by atoms with van der Waals surface area (Å²) in [6.45, 7) is 3.74. The van der Waals surface area contributed by atoms with Gasteiger partial charge in [0.15, 0.2) is 0 Å². The maximum atomic E-state index is 6.06. The van der Waals surface area contributed by atoms with E-state index in [1.807, 2.05) is 6.08 Å². The molecule has 0 saturated heterocycles. The van der Waals surface area contributed by atoms with Crippen LogP contribution in [0.2, 0.25) is 0 Å². The number of rotatable bonds is 3. The largest absolute Gasteiger partial charge is 0.327 e. The van der Waals surface area contributed by atoms with Crippen LogP contribution in [0.4, 0.5) is 0 Å². The van der Waals surface area contributed by atoms with Gasteiger partial charge in [-0.3, -0.25) is 0 Å². The first-order valence-corrected chi connectivity index (χ1v) is 5.21. The highest BCUT2D eigenvalue weighted by atomic mass is 14.6. The summed E-state index contributed by atoms with van der Waals surface area (Å²) in [5.74, 6) is 0.769. The highest BCUT2D eigenvalue weighted by Gasteiger charge is 2.17. The van der Waals surface area contributed by atoms with E-state index in [1.165, 1.54) is 38.5 Å². The molecule has 1 saturated carbocycles. The summed E-state index contributed by atoms with van der Waals surface area (Å²) in [4.78, 5) is 0. The van der Waals surface area contributed by atoms with Gasteiger partial charge in [-0.2, -0.15) is 0 Å². The first-order chi connectivity index (χ1) is 5.84. The summed E-state index contributed by atoms with van der Waals surface area (Å²) in [6.07, 6.45) is 11.2. The van der Waals surface area contributed by atoms with Gasteiger partial charge in [-0.15, -0.1) is 6.58 Å².